The molecule has 0 bridgehead atoms. The molecule has 3 rings (SSSR count). The Labute approximate surface area is 208 Å². The first kappa shape index (κ1) is 26.5. The van der Waals surface area contributed by atoms with E-state index in [9.17, 15) is 27.9 Å². The van der Waals surface area contributed by atoms with E-state index < -0.39 is 28.2 Å². The van der Waals surface area contributed by atoms with Gasteiger partial charge in [-0.15, -0.1) is 0 Å². The van der Waals surface area contributed by atoms with Crippen LogP contribution in [0.1, 0.15) is 29.6 Å². The predicted octanol–water partition coefficient (Wildman–Crippen LogP) is 2.24. The molecule has 0 saturated carbocycles. The molecule has 0 radical (unpaired) electrons. The van der Waals surface area contributed by atoms with E-state index >= 15 is 0 Å². The monoisotopic (exact) mass is 521 g/mol. The lowest BCUT2D eigenvalue weighted by molar-refractivity contribution is -0.139. The van der Waals surface area contributed by atoms with Crippen molar-refractivity contribution in [3.63, 3.8) is 0 Å². The van der Waals surface area contributed by atoms with Gasteiger partial charge in [0.15, 0.2) is 0 Å². The van der Waals surface area contributed by atoms with Crippen LogP contribution in [0.2, 0.25) is 0 Å². The number of anilines is 1. The average Bonchev–Trinajstić information content (AvgIpc) is 3.25. The molecule has 1 fully saturated rings. The van der Waals surface area contributed by atoms with Crippen molar-refractivity contribution >= 4 is 45.5 Å². The minimum atomic E-state index is -4.19. The van der Waals surface area contributed by atoms with Crippen molar-refractivity contribution in [2.45, 2.75) is 31.3 Å². The van der Waals surface area contributed by atoms with Crippen LogP contribution in [0.25, 0.3) is 11.1 Å². The Morgan fingerprint density at radius 1 is 1.23 bits per heavy atom. The molecule has 10 nitrogen and oxygen atoms in total. The molecule has 188 valence electrons. The van der Waals surface area contributed by atoms with Crippen LogP contribution < -0.4 is 15.4 Å². The zero-order valence-corrected chi connectivity index (χ0v) is 20.7. The van der Waals surface area contributed by atoms with E-state index in [1.54, 1.807) is 30.3 Å². The van der Waals surface area contributed by atoms with Gasteiger partial charge in [0.25, 0.3) is 5.91 Å². The maximum Gasteiger partial charge on any atom is 0.360 e. The number of aliphatic carboxylic acids is 1. The minimum Gasteiger partial charge on any atom is -0.480 e. The summed E-state index contributed by atoms with van der Waals surface area (Å²) in [7, 11) is -4.19. The second-order valence-corrected chi connectivity index (χ2v) is 10.2. The molecule has 1 heterocycles. The van der Waals surface area contributed by atoms with Crippen LogP contribution in [0.3, 0.4) is 0 Å². The number of rotatable bonds is 12. The molecule has 2 aromatic rings. The van der Waals surface area contributed by atoms with Crippen molar-refractivity contribution in [2.24, 2.45) is 0 Å². The molecule has 12 heteroatoms. The summed E-state index contributed by atoms with van der Waals surface area (Å²) in [6, 6.07) is 11.7. The van der Waals surface area contributed by atoms with E-state index in [0.717, 1.165) is 0 Å². The molecule has 1 saturated heterocycles. The van der Waals surface area contributed by atoms with E-state index in [1.807, 2.05) is 6.26 Å². The van der Waals surface area contributed by atoms with Gasteiger partial charge in [-0.05, 0) is 54.2 Å². The van der Waals surface area contributed by atoms with Gasteiger partial charge in [0.05, 0.1) is 18.3 Å². The van der Waals surface area contributed by atoms with Crippen molar-refractivity contribution in [3.8, 4) is 11.1 Å². The molecule has 4 N–H and O–H groups in total. The first-order valence-corrected chi connectivity index (χ1v) is 13.7. The molecular formula is C23H27N3O7S2. The normalized spacial score (nSPS) is 16.4. The number of benzene rings is 2. The molecule has 2 unspecified atom stereocenters. The van der Waals surface area contributed by atoms with Crippen LogP contribution in [0.15, 0.2) is 48.5 Å². The van der Waals surface area contributed by atoms with Gasteiger partial charge in [-0.3, -0.25) is 18.5 Å². The lowest BCUT2D eigenvalue weighted by Crippen LogP contribution is -2.41. The summed E-state index contributed by atoms with van der Waals surface area (Å²) in [5.41, 5.74) is 1.42. The summed E-state index contributed by atoms with van der Waals surface area (Å²) >= 11 is 1.48. The number of carbonyl (C=O) groups excluding carboxylic acids is 2. The van der Waals surface area contributed by atoms with Crippen LogP contribution in [0.5, 0.6) is 0 Å². The Balaban J connectivity index is 1.82. The Bertz CT molecular complexity index is 1170. The lowest BCUT2D eigenvalue weighted by atomic mass is 9.98. The van der Waals surface area contributed by atoms with Crippen molar-refractivity contribution in [2.75, 3.05) is 23.3 Å². The number of nitrogens with one attached hydrogen (secondary N) is 3. The van der Waals surface area contributed by atoms with Crippen LogP contribution in [-0.4, -0.2) is 62.0 Å². The highest BCUT2D eigenvalue weighted by atomic mass is 32.2. The Morgan fingerprint density at radius 3 is 2.60 bits per heavy atom. The van der Waals surface area contributed by atoms with E-state index in [4.69, 9.17) is 4.18 Å². The number of carboxylic acids is 1. The van der Waals surface area contributed by atoms with Gasteiger partial charge in [-0.2, -0.15) is 20.2 Å². The molecule has 1 aliphatic rings. The number of hydrogen-bond acceptors (Lipinski definition) is 7. The van der Waals surface area contributed by atoms with Crippen LogP contribution in [0, 0.1) is 0 Å². The third-order valence-corrected chi connectivity index (χ3v) is 6.89. The second-order valence-electron chi connectivity index (χ2n) is 7.92. The topological polar surface area (TPSA) is 151 Å². The summed E-state index contributed by atoms with van der Waals surface area (Å²) in [5, 5.41) is 14.6. The van der Waals surface area contributed by atoms with Gasteiger partial charge in [-0.25, -0.2) is 4.79 Å². The van der Waals surface area contributed by atoms with Gasteiger partial charge in [0, 0.05) is 12.0 Å². The zero-order chi connectivity index (χ0) is 25.4. The van der Waals surface area contributed by atoms with Crippen molar-refractivity contribution in [1.82, 2.24) is 10.6 Å². The number of carboxylic acid groups (broad SMARTS) is 1. The summed E-state index contributed by atoms with van der Waals surface area (Å²) in [6.45, 7) is -0.195. The summed E-state index contributed by atoms with van der Waals surface area (Å²) in [5.74, 6) is -1.30. The third kappa shape index (κ3) is 7.70. The maximum absolute atomic E-state index is 13.0. The number of amides is 2. The Hall–Kier alpha value is -3.09. The standard InChI is InChI=1S/C23H27N3O7S2/c1-34-12-11-20(23(29)30)25-22(28)18-9-7-16(13-19(18)15-5-3-2-4-6-15)26-35(31,32)33-14-17-8-10-21(27)24-17/h2-7,9,13,17,20,26H,8,10-12,14H2,1H3,(H,24,27)(H,25,28)(H,29,30). The smallest absolute Gasteiger partial charge is 0.360 e. The van der Waals surface area contributed by atoms with Gasteiger partial charge in [-0.1, -0.05) is 30.3 Å². The van der Waals surface area contributed by atoms with Crippen LogP contribution >= 0.6 is 11.8 Å². The molecule has 2 amide bonds. The molecular weight excluding hydrogens is 494 g/mol. The van der Waals surface area contributed by atoms with E-state index in [-0.39, 0.29) is 36.2 Å². The van der Waals surface area contributed by atoms with Crippen molar-refractivity contribution in [3.05, 3.63) is 54.1 Å². The van der Waals surface area contributed by atoms with Gasteiger partial charge in [0.2, 0.25) is 5.91 Å². The van der Waals surface area contributed by atoms with E-state index in [0.29, 0.717) is 29.7 Å². The summed E-state index contributed by atoms with van der Waals surface area (Å²) in [6.07, 6.45) is 2.93. The fraction of sp³-hybridized carbons (Fsp3) is 0.348. The number of thioether (sulfide) groups is 1. The van der Waals surface area contributed by atoms with Gasteiger partial charge < -0.3 is 15.7 Å². The van der Waals surface area contributed by atoms with Crippen LogP contribution in [0.4, 0.5) is 5.69 Å². The fourth-order valence-electron chi connectivity index (χ4n) is 3.54. The van der Waals surface area contributed by atoms with Crippen molar-refractivity contribution in [1.29, 1.82) is 0 Å². The van der Waals surface area contributed by atoms with E-state index in [1.165, 1.54) is 30.0 Å². The Morgan fingerprint density at radius 2 is 1.97 bits per heavy atom. The number of carbonyl (C=O) groups is 3. The van der Waals surface area contributed by atoms with Crippen molar-refractivity contribution < 1.29 is 32.1 Å². The van der Waals surface area contributed by atoms with Gasteiger partial charge in [0.1, 0.15) is 6.04 Å². The first-order valence-electron chi connectivity index (χ1n) is 10.9. The maximum atomic E-state index is 13.0. The quantitative estimate of drug-likeness (QED) is 0.332. The molecule has 1 aliphatic heterocycles. The number of hydrogen-bond donors (Lipinski definition) is 4. The average molecular weight is 522 g/mol. The largest absolute Gasteiger partial charge is 0.480 e. The van der Waals surface area contributed by atoms with Crippen LogP contribution in [-0.2, 0) is 24.1 Å². The molecule has 35 heavy (non-hydrogen) atoms. The highest BCUT2D eigenvalue weighted by molar-refractivity contribution is 7.98. The van der Waals surface area contributed by atoms with E-state index in [2.05, 4.69) is 15.4 Å². The molecule has 2 aromatic carbocycles. The third-order valence-electron chi connectivity index (χ3n) is 5.32. The highest BCUT2D eigenvalue weighted by Gasteiger charge is 2.25. The fourth-order valence-corrected chi connectivity index (χ4v) is 4.83. The molecule has 0 aliphatic carbocycles. The lowest BCUT2D eigenvalue weighted by Gasteiger charge is -2.17. The predicted molar refractivity (Wildman–Crippen MR) is 133 cm³/mol. The zero-order valence-electron chi connectivity index (χ0n) is 19.0. The molecule has 2 atom stereocenters. The Kier molecular flexibility index (Phi) is 9.13. The second kappa shape index (κ2) is 12.0. The minimum absolute atomic E-state index is 0.149. The van der Waals surface area contributed by atoms with Gasteiger partial charge >= 0.3 is 16.3 Å². The first-order chi connectivity index (χ1) is 16.7. The highest BCUT2D eigenvalue weighted by Crippen LogP contribution is 2.28. The summed E-state index contributed by atoms with van der Waals surface area (Å²) < 4.78 is 32.2. The SMILES string of the molecule is CSCCC(NC(=O)c1ccc(NS(=O)(=O)OCC2CCC(=O)N2)cc1-c1ccccc1)C(=O)O. The molecule has 0 spiro atoms. The molecule has 0 aromatic heterocycles. The summed E-state index contributed by atoms with van der Waals surface area (Å²) in [4.78, 5) is 35.9.